The number of aryl methyl sites for hydroxylation is 1. The van der Waals surface area contributed by atoms with Gasteiger partial charge in [-0.15, -0.1) is 0 Å². The van der Waals surface area contributed by atoms with Crippen LogP contribution in [-0.2, 0) is 11.2 Å². The Hall–Kier alpha value is -5.09. The molecule has 1 fully saturated rings. The second-order valence-electron chi connectivity index (χ2n) is 12.2. The summed E-state index contributed by atoms with van der Waals surface area (Å²) >= 11 is 1.28. The first-order valence-corrected chi connectivity index (χ1v) is 15.8. The third kappa shape index (κ3) is 6.34. The van der Waals surface area contributed by atoms with Crippen molar-refractivity contribution in [2.75, 3.05) is 36.9 Å². The number of likely N-dealkylation sites (tertiary alicyclic amines) is 1. The van der Waals surface area contributed by atoms with Crippen LogP contribution in [0.2, 0.25) is 0 Å². The molecule has 46 heavy (non-hydrogen) atoms. The van der Waals surface area contributed by atoms with Gasteiger partial charge < -0.3 is 19.9 Å². The number of nitrogens with one attached hydrogen (secondary N) is 1. The number of rotatable bonds is 8. The molecule has 0 unspecified atom stereocenters. The number of hydrogen-bond donors (Lipinski definition) is 1. The average molecular weight is 640 g/mol. The van der Waals surface area contributed by atoms with Gasteiger partial charge in [-0.1, -0.05) is 18.3 Å². The van der Waals surface area contributed by atoms with Gasteiger partial charge in [0.25, 0.3) is 0 Å². The van der Waals surface area contributed by atoms with Crippen molar-refractivity contribution >= 4 is 40.0 Å². The number of benzene rings is 1. The Kier molecular flexibility index (Phi) is 8.31. The van der Waals surface area contributed by atoms with Crippen molar-refractivity contribution in [2.24, 2.45) is 5.92 Å². The molecule has 1 aromatic carbocycles. The van der Waals surface area contributed by atoms with Gasteiger partial charge in [0.2, 0.25) is 5.95 Å². The van der Waals surface area contributed by atoms with Gasteiger partial charge in [0.05, 0.1) is 5.69 Å². The predicted molar refractivity (Wildman–Crippen MR) is 176 cm³/mol. The minimum atomic E-state index is -0.506. The first-order chi connectivity index (χ1) is 22.0. The van der Waals surface area contributed by atoms with E-state index in [2.05, 4.69) is 21.4 Å². The van der Waals surface area contributed by atoms with Crippen LogP contribution in [0.25, 0.3) is 28.0 Å². The van der Waals surface area contributed by atoms with Crippen LogP contribution in [-0.4, -0.2) is 67.6 Å². The Balaban J connectivity index is 1.18. The molecule has 0 radical (unpaired) electrons. The number of ether oxygens (including phenoxy) is 1. The third-order valence-electron chi connectivity index (χ3n) is 7.58. The maximum atomic E-state index is 13.5. The number of hydrogen-bond acceptors (Lipinski definition) is 10. The lowest BCUT2D eigenvalue weighted by Gasteiger charge is -2.39. The van der Waals surface area contributed by atoms with E-state index < -0.39 is 5.60 Å². The number of aromatic nitrogens is 5. The van der Waals surface area contributed by atoms with E-state index in [4.69, 9.17) is 14.7 Å². The van der Waals surface area contributed by atoms with E-state index in [1.54, 1.807) is 29.4 Å². The molecule has 0 aliphatic carbocycles. The van der Waals surface area contributed by atoms with Crippen LogP contribution < -0.4 is 10.2 Å². The van der Waals surface area contributed by atoms with E-state index in [9.17, 15) is 14.4 Å². The summed E-state index contributed by atoms with van der Waals surface area (Å²) in [6.45, 7) is 9.55. The summed E-state index contributed by atoms with van der Waals surface area (Å²) in [6.07, 6.45) is 5.96. The van der Waals surface area contributed by atoms with Gasteiger partial charge >= 0.3 is 6.09 Å². The highest BCUT2D eigenvalue weighted by Gasteiger charge is 2.33. The topological polar surface area (TPSA) is 125 Å². The molecule has 1 N–H and O–H groups in total. The van der Waals surface area contributed by atoms with Crippen molar-refractivity contribution in [1.82, 2.24) is 29.2 Å². The second kappa shape index (κ2) is 12.4. The fourth-order valence-electron chi connectivity index (χ4n) is 5.24. The highest BCUT2D eigenvalue weighted by molar-refractivity contribution is 7.16. The quantitative estimate of drug-likeness (QED) is 0.202. The Morgan fingerprint density at radius 1 is 1.11 bits per heavy atom. The van der Waals surface area contributed by atoms with Crippen LogP contribution in [0.5, 0.6) is 0 Å². The van der Waals surface area contributed by atoms with Gasteiger partial charge in [-0.2, -0.15) is 5.26 Å². The highest BCUT2D eigenvalue weighted by atomic mass is 32.1. The molecule has 11 nitrogen and oxygen atoms in total. The smallest absolute Gasteiger partial charge is 0.410 e. The molecule has 5 heterocycles. The summed E-state index contributed by atoms with van der Waals surface area (Å²) in [6, 6.07) is 12.2. The summed E-state index contributed by atoms with van der Waals surface area (Å²) in [7, 11) is 1.90. The van der Waals surface area contributed by atoms with Gasteiger partial charge in [-0.05, 0) is 63.6 Å². The molecule has 1 saturated heterocycles. The molecular weight excluding hydrogens is 605 g/mol. The molecule has 13 heteroatoms. The summed E-state index contributed by atoms with van der Waals surface area (Å²) < 4.78 is 21.0. The van der Waals surface area contributed by atoms with Crippen molar-refractivity contribution in [3.05, 3.63) is 71.4 Å². The standard InChI is InChI=1S/C33H34FN9O2S/c1-6-25-29(41(5)31-40-28(26(13-35)46-31)21-7-10-24(34)11-8-21)43-19-22(9-12-27(43)39-25)23-15-37-30(38-16-23)36-14-20-17-42(18-20)32(44)45-33(2,3)4/h7-12,15-16,19-20H,6,14,17-18H2,1-5H3,(H,36,37,38). The molecule has 0 atom stereocenters. The van der Waals surface area contributed by atoms with E-state index in [0.29, 0.717) is 59.2 Å². The van der Waals surface area contributed by atoms with Gasteiger partial charge in [0.15, 0.2) is 5.13 Å². The summed E-state index contributed by atoms with van der Waals surface area (Å²) in [4.78, 5) is 34.9. The average Bonchev–Trinajstić information content (AvgIpc) is 3.61. The molecule has 0 bridgehead atoms. The zero-order chi connectivity index (χ0) is 32.6. The van der Waals surface area contributed by atoms with Crippen LogP contribution in [0.3, 0.4) is 0 Å². The predicted octanol–water partition coefficient (Wildman–Crippen LogP) is 6.53. The molecule has 1 aliphatic heterocycles. The van der Waals surface area contributed by atoms with Gasteiger partial charge in [-0.25, -0.2) is 29.1 Å². The van der Waals surface area contributed by atoms with Gasteiger partial charge in [-0.3, -0.25) is 4.40 Å². The van der Waals surface area contributed by atoms with Gasteiger partial charge in [0, 0.05) is 67.9 Å². The molecule has 236 valence electrons. The first-order valence-electron chi connectivity index (χ1n) is 15.0. The molecule has 5 aromatic rings. The number of fused-ring (bicyclic) bond motifs is 1. The third-order valence-corrected chi connectivity index (χ3v) is 8.62. The number of anilines is 3. The number of imidazole rings is 1. The zero-order valence-corrected chi connectivity index (χ0v) is 27.1. The highest BCUT2D eigenvalue weighted by Crippen LogP contribution is 2.37. The lowest BCUT2D eigenvalue weighted by molar-refractivity contribution is 0.000828. The Bertz CT molecular complexity index is 1920. The number of halogens is 1. The van der Waals surface area contributed by atoms with E-state index in [0.717, 1.165) is 28.3 Å². The van der Waals surface area contributed by atoms with Gasteiger partial charge in [0.1, 0.15) is 39.5 Å². The largest absolute Gasteiger partial charge is 0.444 e. The van der Waals surface area contributed by atoms with Crippen molar-refractivity contribution in [3.8, 4) is 28.5 Å². The summed E-state index contributed by atoms with van der Waals surface area (Å²) in [5, 5.41) is 13.7. The van der Waals surface area contributed by atoms with Crippen molar-refractivity contribution < 1.29 is 13.9 Å². The number of carbonyl (C=O) groups is 1. The van der Waals surface area contributed by atoms with E-state index >= 15 is 0 Å². The Morgan fingerprint density at radius 3 is 2.46 bits per heavy atom. The minimum Gasteiger partial charge on any atom is -0.444 e. The van der Waals surface area contributed by atoms with Crippen molar-refractivity contribution in [2.45, 2.75) is 39.7 Å². The van der Waals surface area contributed by atoms with Crippen LogP contribution in [0, 0.1) is 23.1 Å². The summed E-state index contributed by atoms with van der Waals surface area (Å²) in [5.41, 5.74) is 4.10. The lowest BCUT2D eigenvalue weighted by Crippen LogP contribution is -2.53. The normalized spacial score (nSPS) is 13.4. The maximum Gasteiger partial charge on any atom is 0.410 e. The minimum absolute atomic E-state index is 0.284. The Labute approximate surface area is 270 Å². The van der Waals surface area contributed by atoms with E-state index in [-0.39, 0.29) is 11.9 Å². The number of amides is 1. The fourth-order valence-corrected chi connectivity index (χ4v) is 6.09. The van der Waals surface area contributed by atoms with Crippen LogP contribution in [0.15, 0.2) is 55.0 Å². The molecule has 0 spiro atoms. The van der Waals surface area contributed by atoms with Crippen LogP contribution in [0.1, 0.15) is 38.3 Å². The number of nitriles is 1. The molecule has 6 rings (SSSR count). The molecule has 0 saturated carbocycles. The zero-order valence-electron chi connectivity index (χ0n) is 26.3. The molecular formula is C33H34FN9O2S. The second-order valence-corrected chi connectivity index (χ2v) is 13.1. The van der Waals surface area contributed by atoms with Crippen LogP contribution in [0.4, 0.5) is 26.1 Å². The van der Waals surface area contributed by atoms with Crippen molar-refractivity contribution in [1.29, 1.82) is 5.26 Å². The lowest BCUT2D eigenvalue weighted by atomic mass is 10.0. The van der Waals surface area contributed by atoms with Crippen LogP contribution >= 0.6 is 11.3 Å². The summed E-state index contributed by atoms with van der Waals surface area (Å²) in [5.74, 6) is 1.31. The van der Waals surface area contributed by atoms with E-state index in [1.807, 2.05) is 62.4 Å². The van der Waals surface area contributed by atoms with Crippen molar-refractivity contribution in [3.63, 3.8) is 0 Å². The van der Waals surface area contributed by atoms with E-state index in [1.165, 1.54) is 23.5 Å². The number of thiazole rings is 1. The SMILES string of the molecule is CCc1nc2ccc(-c3cnc(NCC4CN(C(=O)OC(C)(C)C)C4)nc3)cn2c1N(C)c1nc(-c2ccc(F)cc2)c(C#N)s1. The maximum absolute atomic E-state index is 13.5. The number of nitrogens with zero attached hydrogens (tertiary/aromatic N) is 8. The number of carbonyl (C=O) groups excluding carboxylic acids is 1. The first kappa shape index (κ1) is 30.9. The molecule has 1 amide bonds. The fraction of sp³-hybridized carbons (Fsp3) is 0.333. The molecule has 1 aliphatic rings. The molecule has 4 aromatic heterocycles. The Morgan fingerprint density at radius 2 is 1.80 bits per heavy atom. The monoisotopic (exact) mass is 639 g/mol. The number of pyridine rings is 1.